The molecule has 0 amide bonds. The van der Waals surface area contributed by atoms with Crippen molar-refractivity contribution in [2.24, 2.45) is 7.05 Å². The summed E-state index contributed by atoms with van der Waals surface area (Å²) in [6, 6.07) is 2.29. The van der Waals surface area contributed by atoms with Gasteiger partial charge in [0.05, 0.1) is 0 Å². The zero-order valence-electron chi connectivity index (χ0n) is 8.42. The molecule has 1 aliphatic carbocycles. The molecule has 1 aliphatic rings. The predicted octanol–water partition coefficient (Wildman–Crippen LogP) is 2.17. The maximum absolute atomic E-state index is 2.29. The lowest BCUT2D eigenvalue weighted by molar-refractivity contribution is -0.672. The molecule has 1 heteroatoms. The van der Waals surface area contributed by atoms with Crippen LogP contribution in [0.3, 0.4) is 0 Å². The molecular weight excluding hydrogens is 158 g/mol. The second kappa shape index (κ2) is 3.91. The van der Waals surface area contributed by atoms with Gasteiger partial charge in [0.2, 0.25) is 0 Å². The van der Waals surface area contributed by atoms with Crippen molar-refractivity contribution in [2.75, 3.05) is 0 Å². The summed E-state index contributed by atoms with van der Waals surface area (Å²) in [4.78, 5) is 0. The van der Waals surface area contributed by atoms with Gasteiger partial charge in [0.1, 0.15) is 7.05 Å². The molecule has 70 valence electrons. The zero-order chi connectivity index (χ0) is 9.10. The van der Waals surface area contributed by atoms with Crippen LogP contribution in [0.2, 0.25) is 0 Å². The van der Waals surface area contributed by atoms with Crippen LogP contribution in [0.25, 0.3) is 0 Å². The summed E-state index contributed by atoms with van der Waals surface area (Å²) in [5, 5.41) is 0. The summed E-state index contributed by atoms with van der Waals surface area (Å²) in [7, 11) is 2.11. The van der Waals surface area contributed by atoms with E-state index in [-0.39, 0.29) is 0 Å². The summed E-state index contributed by atoms with van der Waals surface area (Å²) in [5.41, 5.74) is 3.16. The first-order valence-corrected chi connectivity index (χ1v) is 5.33. The van der Waals surface area contributed by atoms with E-state index in [1.807, 2.05) is 0 Å². The lowest BCUT2D eigenvalue weighted by Crippen LogP contribution is -2.28. The van der Waals surface area contributed by atoms with Crippen molar-refractivity contribution in [1.82, 2.24) is 0 Å². The van der Waals surface area contributed by atoms with Gasteiger partial charge >= 0.3 is 0 Å². The van der Waals surface area contributed by atoms with Crippen LogP contribution >= 0.6 is 0 Å². The fourth-order valence-corrected chi connectivity index (χ4v) is 2.14. The van der Waals surface area contributed by atoms with Gasteiger partial charge < -0.3 is 0 Å². The molecule has 0 atom stereocenters. The summed E-state index contributed by atoms with van der Waals surface area (Å²) < 4.78 is 2.17. The minimum absolute atomic E-state index is 1.28. The molecule has 0 saturated heterocycles. The number of hydrogen-bond donors (Lipinski definition) is 0. The van der Waals surface area contributed by atoms with E-state index in [4.69, 9.17) is 0 Å². The Hall–Kier alpha value is -0.850. The summed E-state index contributed by atoms with van der Waals surface area (Å²) >= 11 is 0. The van der Waals surface area contributed by atoms with Gasteiger partial charge in [0.25, 0.3) is 0 Å². The molecule has 0 saturated carbocycles. The van der Waals surface area contributed by atoms with Crippen LogP contribution in [0.1, 0.15) is 36.8 Å². The van der Waals surface area contributed by atoms with E-state index in [1.165, 1.54) is 38.5 Å². The zero-order valence-corrected chi connectivity index (χ0v) is 8.42. The van der Waals surface area contributed by atoms with E-state index < -0.39 is 0 Å². The van der Waals surface area contributed by atoms with Crippen molar-refractivity contribution in [3.8, 4) is 0 Å². The number of aryl methyl sites for hydroxylation is 3. The van der Waals surface area contributed by atoms with Crippen LogP contribution in [0.15, 0.2) is 18.5 Å². The first-order chi connectivity index (χ1) is 6.36. The molecule has 1 heterocycles. The third-order valence-electron chi connectivity index (χ3n) is 2.93. The SMILES string of the molecule is C[n+]1ccc2c(c1)CCCCCC2. The smallest absolute Gasteiger partial charge is 0.171 e. The highest BCUT2D eigenvalue weighted by molar-refractivity contribution is 5.21. The topological polar surface area (TPSA) is 3.88 Å². The van der Waals surface area contributed by atoms with E-state index in [0.717, 1.165) is 0 Å². The van der Waals surface area contributed by atoms with Crippen molar-refractivity contribution >= 4 is 0 Å². The number of rotatable bonds is 0. The summed E-state index contributed by atoms with van der Waals surface area (Å²) in [6.07, 6.45) is 12.6. The molecule has 1 nitrogen and oxygen atoms in total. The minimum atomic E-state index is 1.28. The molecule has 0 aromatic carbocycles. The molecule has 1 aromatic rings. The Bertz CT molecular complexity index is 291. The summed E-state index contributed by atoms with van der Waals surface area (Å²) in [6.45, 7) is 0. The lowest BCUT2D eigenvalue weighted by Gasteiger charge is -2.11. The third-order valence-corrected chi connectivity index (χ3v) is 2.93. The molecule has 2 rings (SSSR count). The molecule has 0 N–H and O–H groups in total. The van der Waals surface area contributed by atoms with Crippen molar-refractivity contribution in [3.63, 3.8) is 0 Å². The van der Waals surface area contributed by atoms with Gasteiger partial charge in [-0.1, -0.05) is 12.8 Å². The van der Waals surface area contributed by atoms with E-state index in [9.17, 15) is 0 Å². The Labute approximate surface area is 80.4 Å². The fourth-order valence-electron chi connectivity index (χ4n) is 2.14. The van der Waals surface area contributed by atoms with Crippen LogP contribution in [-0.2, 0) is 19.9 Å². The number of pyridine rings is 1. The highest BCUT2D eigenvalue weighted by atomic mass is 14.9. The third kappa shape index (κ3) is 2.09. The summed E-state index contributed by atoms with van der Waals surface area (Å²) in [5.74, 6) is 0. The molecule has 0 spiro atoms. The lowest BCUT2D eigenvalue weighted by atomic mass is 9.95. The van der Waals surface area contributed by atoms with E-state index in [0.29, 0.717) is 0 Å². The van der Waals surface area contributed by atoms with Crippen molar-refractivity contribution < 1.29 is 4.57 Å². The van der Waals surface area contributed by atoms with Crippen LogP contribution < -0.4 is 4.57 Å². The van der Waals surface area contributed by atoms with E-state index in [1.54, 1.807) is 11.1 Å². The molecule has 0 bridgehead atoms. The van der Waals surface area contributed by atoms with Gasteiger partial charge in [-0.2, -0.15) is 0 Å². The average molecular weight is 176 g/mol. The predicted molar refractivity (Wildman–Crippen MR) is 53.5 cm³/mol. The van der Waals surface area contributed by atoms with E-state index in [2.05, 4.69) is 30.1 Å². The maximum atomic E-state index is 2.29. The Morgan fingerprint density at radius 1 is 1.00 bits per heavy atom. The van der Waals surface area contributed by atoms with Crippen molar-refractivity contribution in [2.45, 2.75) is 38.5 Å². The molecule has 13 heavy (non-hydrogen) atoms. The quantitative estimate of drug-likeness (QED) is 0.533. The van der Waals surface area contributed by atoms with Gasteiger partial charge in [-0.3, -0.25) is 0 Å². The first-order valence-electron chi connectivity index (χ1n) is 5.33. The highest BCUT2D eigenvalue weighted by Crippen LogP contribution is 2.17. The van der Waals surface area contributed by atoms with Gasteiger partial charge in [-0.15, -0.1) is 0 Å². The molecule has 0 aliphatic heterocycles. The molecular formula is C12H18N+. The van der Waals surface area contributed by atoms with Gasteiger partial charge in [-0.05, 0) is 31.2 Å². The second-order valence-electron chi connectivity index (χ2n) is 4.07. The van der Waals surface area contributed by atoms with Crippen molar-refractivity contribution in [1.29, 1.82) is 0 Å². The van der Waals surface area contributed by atoms with Gasteiger partial charge in [0, 0.05) is 11.6 Å². The number of hydrogen-bond acceptors (Lipinski definition) is 0. The van der Waals surface area contributed by atoms with Crippen molar-refractivity contribution in [3.05, 3.63) is 29.6 Å². The monoisotopic (exact) mass is 176 g/mol. The maximum Gasteiger partial charge on any atom is 0.171 e. The van der Waals surface area contributed by atoms with Crippen LogP contribution in [-0.4, -0.2) is 0 Å². The standard InChI is InChI=1S/C12H18N/c1-13-9-8-11-6-4-2-3-5-7-12(11)10-13/h8-10H,2-7H2,1H3/q+1. The Kier molecular flexibility index (Phi) is 2.62. The van der Waals surface area contributed by atoms with Crippen LogP contribution in [0, 0.1) is 0 Å². The van der Waals surface area contributed by atoms with Crippen LogP contribution in [0.4, 0.5) is 0 Å². The highest BCUT2D eigenvalue weighted by Gasteiger charge is 2.09. The van der Waals surface area contributed by atoms with E-state index >= 15 is 0 Å². The Balaban J connectivity index is 2.28. The Morgan fingerprint density at radius 3 is 2.46 bits per heavy atom. The molecule has 1 aromatic heterocycles. The molecule has 0 fully saturated rings. The van der Waals surface area contributed by atoms with Gasteiger partial charge in [-0.25, -0.2) is 4.57 Å². The number of aromatic nitrogens is 1. The second-order valence-corrected chi connectivity index (χ2v) is 4.07. The molecule has 0 unspecified atom stereocenters. The largest absolute Gasteiger partial charge is 0.208 e. The number of fused-ring (bicyclic) bond motifs is 1. The first kappa shape index (κ1) is 8.74. The average Bonchev–Trinajstić information content (AvgIpc) is 2.08. The fraction of sp³-hybridized carbons (Fsp3) is 0.583. The van der Waals surface area contributed by atoms with Gasteiger partial charge in [0.15, 0.2) is 12.4 Å². The number of nitrogens with zero attached hydrogens (tertiary/aromatic N) is 1. The Morgan fingerprint density at radius 2 is 1.69 bits per heavy atom. The molecule has 0 radical (unpaired) electrons. The minimum Gasteiger partial charge on any atom is -0.208 e. The normalized spacial score (nSPS) is 17.3. The van der Waals surface area contributed by atoms with Crippen LogP contribution in [0.5, 0.6) is 0 Å².